The highest BCUT2D eigenvalue weighted by molar-refractivity contribution is 6.00. The number of fused-ring (bicyclic) bond motifs is 6. The lowest BCUT2D eigenvalue weighted by Crippen LogP contribution is -2.58. The van der Waals surface area contributed by atoms with Gasteiger partial charge in [-0.25, -0.2) is 4.79 Å². The third-order valence-electron chi connectivity index (χ3n) is 12.1. The van der Waals surface area contributed by atoms with E-state index in [1.165, 1.54) is 22.3 Å². The standard InChI is InChI=1S/C38H51N3O4/c1-35(2,3)45-34(44)40-26-15-11-24-13-17-31-36(4,30(24)22-26)19-8-20-38(31,6)33(43)41-32(42)37(5)18-7-9-27-28-21-25(39)14-10-23(28)12-16-29(27)37/h10-11,14-15,21-22,27,29,31H,7-9,12-13,16-20,39H2,1-6H3,(H,40,44)(H,41,42,43)/t27?,29-,31-,36-,37+,38+/m1/s1. The van der Waals surface area contributed by atoms with E-state index in [0.717, 1.165) is 69.9 Å². The number of nitrogen functional groups attached to an aromatic ring is 1. The number of nitrogens with two attached hydrogens (primary N) is 1. The number of amides is 3. The van der Waals surface area contributed by atoms with Gasteiger partial charge in [0, 0.05) is 11.4 Å². The maximum absolute atomic E-state index is 14.4. The molecule has 1 unspecified atom stereocenters. The Morgan fingerprint density at radius 2 is 1.53 bits per heavy atom. The highest BCUT2D eigenvalue weighted by Gasteiger charge is 2.56. The van der Waals surface area contributed by atoms with Crippen LogP contribution >= 0.6 is 0 Å². The number of aryl methyl sites for hydroxylation is 2. The summed E-state index contributed by atoms with van der Waals surface area (Å²) in [5.74, 6) is 0.327. The summed E-state index contributed by atoms with van der Waals surface area (Å²) in [7, 11) is 0. The lowest BCUT2D eigenvalue weighted by molar-refractivity contribution is -0.149. The van der Waals surface area contributed by atoms with Crippen molar-refractivity contribution in [2.75, 3.05) is 11.1 Å². The summed E-state index contributed by atoms with van der Waals surface area (Å²) in [5, 5.41) is 5.94. The molecule has 0 saturated heterocycles. The quantitative estimate of drug-likeness (QED) is 0.242. The molecule has 2 saturated carbocycles. The zero-order valence-corrected chi connectivity index (χ0v) is 28.0. The highest BCUT2D eigenvalue weighted by atomic mass is 16.6. The first kappa shape index (κ1) is 31.6. The number of rotatable bonds is 3. The predicted molar refractivity (Wildman–Crippen MR) is 178 cm³/mol. The van der Waals surface area contributed by atoms with Gasteiger partial charge in [0.05, 0.1) is 10.8 Å². The van der Waals surface area contributed by atoms with E-state index < -0.39 is 22.5 Å². The summed E-state index contributed by atoms with van der Waals surface area (Å²) in [6.45, 7) is 12.0. The Morgan fingerprint density at radius 1 is 0.844 bits per heavy atom. The number of anilines is 2. The minimum absolute atomic E-state index is 0.0762. The van der Waals surface area contributed by atoms with Gasteiger partial charge in [-0.1, -0.05) is 45.7 Å². The van der Waals surface area contributed by atoms with E-state index in [-0.39, 0.29) is 29.1 Å². The van der Waals surface area contributed by atoms with Crippen LogP contribution in [0.4, 0.5) is 16.2 Å². The maximum atomic E-state index is 14.4. The first-order chi connectivity index (χ1) is 21.1. The molecule has 0 radical (unpaired) electrons. The average Bonchev–Trinajstić information content (AvgIpc) is 2.96. The Hall–Kier alpha value is -3.35. The van der Waals surface area contributed by atoms with Crippen LogP contribution in [-0.2, 0) is 32.6 Å². The van der Waals surface area contributed by atoms with Gasteiger partial charge in [0.1, 0.15) is 5.60 Å². The summed E-state index contributed by atoms with van der Waals surface area (Å²) in [5.41, 5.74) is 10.7. The SMILES string of the molecule is CC(C)(C)OC(=O)Nc1ccc2c(c1)[C@@]1(C)CCC[C@](C)(C(=O)NC(=O)[C@@]3(C)CCCC4c5cc(N)ccc5CC[C@H]43)[C@@H]1CC2. The number of imide groups is 1. The van der Waals surface area contributed by atoms with Crippen LogP contribution in [0.5, 0.6) is 0 Å². The summed E-state index contributed by atoms with van der Waals surface area (Å²) >= 11 is 0. The van der Waals surface area contributed by atoms with Gasteiger partial charge < -0.3 is 10.5 Å². The lowest BCUT2D eigenvalue weighted by atomic mass is 9.49. The Bertz CT molecular complexity index is 1530. The highest BCUT2D eigenvalue weighted by Crippen LogP contribution is 2.58. The number of carbonyl (C=O) groups excluding carboxylic acids is 3. The molecule has 4 aliphatic rings. The van der Waals surface area contributed by atoms with Crippen molar-refractivity contribution in [3.63, 3.8) is 0 Å². The van der Waals surface area contributed by atoms with Crippen molar-refractivity contribution >= 4 is 29.3 Å². The van der Waals surface area contributed by atoms with E-state index in [1.54, 1.807) is 0 Å². The Labute approximate surface area is 268 Å². The molecular weight excluding hydrogens is 562 g/mol. The van der Waals surface area contributed by atoms with Crippen LogP contribution < -0.4 is 16.4 Å². The second-order valence-electron chi connectivity index (χ2n) is 16.1. The van der Waals surface area contributed by atoms with Crippen LogP contribution in [0.25, 0.3) is 0 Å². The molecule has 0 aliphatic heterocycles. The van der Waals surface area contributed by atoms with Gasteiger partial charge in [-0.05, 0) is 142 Å². The number of carbonyl (C=O) groups is 3. The van der Waals surface area contributed by atoms with Crippen LogP contribution in [0.1, 0.15) is 121 Å². The number of benzene rings is 2. The molecule has 2 fully saturated rings. The molecule has 7 heteroatoms. The summed E-state index contributed by atoms with van der Waals surface area (Å²) in [6.07, 6.45) is 8.59. The van der Waals surface area contributed by atoms with Gasteiger partial charge in [0.25, 0.3) is 0 Å². The van der Waals surface area contributed by atoms with E-state index in [9.17, 15) is 14.4 Å². The minimum Gasteiger partial charge on any atom is -0.444 e. The van der Waals surface area contributed by atoms with Crippen LogP contribution in [0.15, 0.2) is 36.4 Å². The van der Waals surface area contributed by atoms with Crippen molar-refractivity contribution < 1.29 is 19.1 Å². The third-order valence-corrected chi connectivity index (χ3v) is 12.1. The van der Waals surface area contributed by atoms with Gasteiger partial charge in [0.15, 0.2) is 0 Å². The molecule has 4 aliphatic carbocycles. The molecule has 7 nitrogen and oxygen atoms in total. The fourth-order valence-corrected chi connectivity index (χ4v) is 9.81. The van der Waals surface area contributed by atoms with E-state index in [1.807, 2.05) is 32.9 Å². The summed E-state index contributed by atoms with van der Waals surface area (Å²) in [4.78, 5) is 41.1. The molecule has 0 spiro atoms. The van der Waals surface area contributed by atoms with Crippen molar-refractivity contribution in [3.8, 4) is 0 Å². The largest absolute Gasteiger partial charge is 0.444 e. The van der Waals surface area contributed by atoms with Crippen molar-refractivity contribution in [2.45, 2.75) is 123 Å². The fourth-order valence-electron chi connectivity index (χ4n) is 9.81. The summed E-state index contributed by atoms with van der Waals surface area (Å²) in [6, 6.07) is 12.4. The van der Waals surface area contributed by atoms with Gasteiger partial charge >= 0.3 is 6.09 Å². The molecule has 6 atom stereocenters. The molecule has 45 heavy (non-hydrogen) atoms. The third kappa shape index (κ3) is 5.54. The van der Waals surface area contributed by atoms with Crippen molar-refractivity contribution in [2.24, 2.45) is 22.7 Å². The van der Waals surface area contributed by atoms with E-state index >= 15 is 0 Å². The molecule has 242 valence electrons. The van der Waals surface area contributed by atoms with Gasteiger partial charge in [-0.2, -0.15) is 0 Å². The van der Waals surface area contributed by atoms with Crippen molar-refractivity contribution in [1.82, 2.24) is 5.32 Å². The van der Waals surface area contributed by atoms with E-state index in [2.05, 4.69) is 55.7 Å². The van der Waals surface area contributed by atoms with Crippen LogP contribution in [0, 0.1) is 22.7 Å². The monoisotopic (exact) mass is 613 g/mol. The maximum Gasteiger partial charge on any atom is 0.412 e. The first-order valence-corrected chi connectivity index (χ1v) is 17.0. The molecule has 4 N–H and O–H groups in total. The Balaban J connectivity index is 1.22. The van der Waals surface area contributed by atoms with Crippen LogP contribution in [-0.4, -0.2) is 23.5 Å². The van der Waals surface area contributed by atoms with Crippen molar-refractivity contribution in [3.05, 3.63) is 58.7 Å². The molecule has 6 rings (SSSR count). The number of hydrogen-bond donors (Lipinski definition) is 3. The average molecular weight is 614 g/mol. The van der Waals surface area contributed by atoms with E-state index in [0.29, 0.717) is 11.6 Å². The van der Waals surface area contributed by atoms with Gasteiger partial charge in [-0.15, -0.1) is 0 Å². The smallest absolute Gasteiger partial charge is 0.412 e. The van der Waals surface area contributed by atoms with Crippen LogP contribution in [0.2, 0.25) is 0 Å². The number of ether oxygens (including phenoxy) is 1. The van der Waals surface area contributed by atoms with Gasteiger partial charge in [-0.3, -0.25) is 20.2 Å². The molecule has 0 heterocycles. The molecule has 0 aromatic heterocycles. The lowest BCUT2D eigenvalue weighted by Gasteiger charge is -2.55. The molecule has 0 bridgehead atoms. The van der Waals surface area contributed by atoms with E-state index in [4.69, 9.17) is 10.5 Å². The second-order valence-corrected chi connectivity index (χ2v) is 16.1. The summed E-state index contributed by atoms with van der Waals surface area (Å²) < 4.78 is 5.49. The number of nitrogens with one attached hydrogen (secondary N) is 2. The van der Waals surface area contributed by atoms with Crippen molar-refractivity contribution in [1.29, 1.82) is 0 Å². The zero-order valence-electron chi connectivity index (χ0n) is 28.0. The first-order valence-electron chi connectivity index (χ1n) is 17.0. The fraction of sp³-hybridized carbons (Fsp3) is 0.605. The normalized spacial score (nSPS) is 32.2. The topological polar surface area (TPSA) is 111 Å². The molecule has 2 aromatic carbocycles. The Morgan fingerprint density at radius 3 is 2.29 bits per heavy atom. The Kier molecular flexibility index (Phi) is 7.85. The second kappa shape index (κ2) is 11.2. The zero-order chi connectivity index (χ0) is 32.4. The molecule has 2 aromatic rings. The van der Waals surface area contributed by atoms with Gasteiger partial charge in [0.2, 0.25) is 11.8 Å². The minimum atomic E-state index is -0.674. The molecular formula is C38H51N3O4. The number of hydrogen-bond acceptors (Lipinski definition) is 5. The molecule has 3 amide bonds. The van der Waals surface area contributed by atoms with Crippen LogP contribution in [0.3, 0.4) is 0 Å². The predicted octanol–water partition coefficient (Wildman–Crippen LogP) is 7.81.